The molecule has 1 rings (SSSR count). The molecule has 0 atom stereocenters. The summed E-state index contributed by atoms with van der Waals surface area (Å²) >= 11 is 0. The number of rotatable bonds is 2. The molecule has 6 nitrogen and oxygen atoms in total. The van der Waals surface area contributed by atoms with E-state index in [0.717, 1.165) is 9.80 Å². The van der Waals surface area contributed by atoms with E-state index in [-0.39, 0.29) is 13.1 Å². The van der Waals surface area contributed by atoms with Crippen molar-refractivity contribution in [2.45, 2.75) is 19.4 Å². The number of carbonyl (C=O) groups is 2. The Kier molecular flexibility index (Phi) is 2.63. The third-order valence-electron chi connectivity index (χ3n) is 2.36. The SMILES string of the molecule is CC1(C)C(=O)N(CC#N)C(=O)N1CC#N. The van der Waals surface area contributed by atoms with Gasteiger partial charge in [-0.15, -0.1) is 0 Å². The second-order valence-electron chi connectivity index (χ2n) is 3.64. The Hall–Kier alpha value is -2.08. The van der Waals surface area contributed by atoms with Crippen LogP contribution in [-0.4, -0.2) is 40.4 Å². The highest BCUT2D eigenvalue weighted by Gasteiger charge is 2.50. The van der Waals surface area contributed by atoms with E-state index >= 15 is 0 Å². The van der Waals surface area contributed by atoms with Crippen LogP contribution >= 0.6 is 0 Å². The fraction of sp³-hybridized carbons (Fsp3) is 0.556. The van der Waals surface area contributed by atoms with Crippen molar-refractivity contribution in [3.05, 3.63) is 0 Å². The van der Waals surface area contributed by atoms with Gasteiger partial charge in [-0.2, -0.15) is 10.5 Å². The molecule has 1 saturated heterocycles. The molecule has 0 bridgehead atoms. The molecule has 0 aromatic carbocycles. The number of nitriles is 2. The summed E-state index contributed by atoms with van der Waals surface area (Å²) in [5.41, 5.74) is -1.04. The second kappa shape index (κ2) is 3.58. The predicted octanol–water partition coefficient (Wildman–Crippen LogP) is 0.0764. The third kappa shape index (κ3) is 1.50. The molecule has 1 heterocycles. The minimum Gasteiger partial charge on any atom is -0.297 e. The largest absolute Gasteiger partial charge is 0.329 e. The van der Waals surface area contributed by atoms with Crippen LogP contribution in [0, 0.1) is 22.7 Å². The first-order valence-electron chi connectivity index (χ1n) is 4.34. The van der Waals surface area contributed by atoms with Crippen molar-refractivity contribution < 1.29 is 9.59 Å². The van der Waals surface area contributed by atoms with Gasteiger partial charge in [-0.25, -0.2) is 9.69 Å². The summed E-state index contributed by atoms with van der Waals surface area (Å²) in [6.45, 7) is 2.69. The normalized spacial score (nSPS) is 18.9. The predicted molar refractivity (Wildman–Crippen MR) is 49.1 cm³/mol. The molecule has 1 fully saturated rings. The van der Waals surface area contributed by atoms with Crippen LogP contribution in [0.2, 0.25) is 0 Å². The van der Waals surface area contributed by atoms with Crippen LogP contribution in [0.15, 0.2) is 0 Å². The number of carbonyl (C=O) groups excluding carboxylic acids is 2. The average molecular weight is 206 g/mol. The lowest BCUT2D eigenvalue weighted by Gasteiger charge is -2.24. The van der Waals surface area contributed by atoms with E-state index in [2.05, 4.69) is 0 Å². The Morgan fingerprint density at radius 2 is 1.73 bits per heavy atom. The van der Waals surface area contributed by atoms with E-state index in [9.17, 15) is 9.59 Å². The van der Waals surface area contributed by atoms with Crippen molar-refractivity contribution in [1.29, 1.82) is 10.5 Å². The molecule has 78 valence electrons. The Morgan fingerprint density at radius 3 is 2.20 bits per heavy atom. The maximum absolute atomic E-state index is 11.7. The number of hydrogen-bond donors (Lipinski definition) is 0. The van der Waals surface area contributed by atoms with Crippen LogP contribution in [0.5, 0.6) is 0 Å². The van der Waals surface area contributed by atoms with Gasteiger partial charge >= 0.3 is 6.03 Å². The number of imide groups is 1. The van der Waals surface area contributed by atoms with Crippen molar-refractivity contribution in [2.75, 3.05) is 13.1 Å². The Balaban J connectivity index is 3.05. The minimum atomic E-state index is -1.04. The molecular formula is C9H10N4O2. The maximum Gasteiger partial charge on any atom is 0.329 e. The monoisotopic (exact) mass is 206 g/mol. The number of hydrogen-bond acceptors (Lipinski definition) is 4. The van der Waals surface area contributed by atoms with Crippen molar-refractivity contribution in [2.24, 2.45) is 0 Å². The highest BCUT2D eigenvalue weighted by Crippen LogP contribution is 2.26. The van der Waals surface area contributed by atoms with Gasteiger partial charge in [-0.05, 0) is 13.8 Å². The topological polar surface area (TPSA) is 88.2 Å². The van der Waals surface area contributed by atoms with Gasteiger partial charge < -0.3 is 0 Å². The van der Waals surface area contributed by atoms with Crippen LogP contribution < -0.4 is 0 Å². The molecule has 1 aliphatic heterocycles. The van der Waals surface area contributed by atoms with Gasteiger partial charge in [-0.1, -0.05) is 0 Å². The average Bonchev–Trinajstić information content (AvgIpc) is 2.33. The number of amides is 3. The van der Waals surface area contributed by atoms with Crippen molar-refractivity contribution in [1.82, 2.24) is 9.80 Å². The lowest BCUT2D eigenvalue weighted by atomic mass is 10.0. The molecule has 15 heavy (non-hydrogen) atoms. The molecule has 0 spiro atoms. The molecule has 0 aliphatic carbocycles. The molecule has 0 radical (unpaired) electrons. The van der Waals surface area contributed by atoms with Crippen LogP contribution in [-0.2, 0) is 4.79 Å². The summed E-state index contributed by atoms with van der Waals surface area (Å²) in [5.74, 6) is -0.440. The van der Waals surface area contributed by atoms with Crippen LogP contribution in [0.4, 0.5) is 4.79 Å². The van der Waals surface area contributed by atoms with Crippen molar-refractivity contribution in [3.63, 3.8) is 0 Å². The zero-order chi connectivity index (χ0) is 11.6. The molecule has 3 amide bonds. The lowest BCUT2D eigenvalue weighted by molar-refractivity contribution is -0.131. The summed E-state index contributed by atoms with van der Waals surface area (Å²) in [4.78, 5) is 25.4. The molecule has 6 heteroatoms. The Bertz CT molecular complexity index is 388. The maximum atomic E-state index is 11.7. The fourth-order valence-electron chi connectivity index (χ4n) is 1.46. The fourth-order valence-corrected chi connectivity index (χ4v) is 1.46. The van der Waals surface area contributed by atoms with Gasteiger partial charge in [0.15, 0.2) is 0 Å². The van der Waals surface area contributed by atoms with Gasteiger partial charge in [0.2, 0.25) is 0 Å². The summed E-state index contributed by atoms with van der Waals surface area (Å²) in [6, 6.07) is 2.99. The number of nitrogens with zero attached hydrogens (tertiary/aromatic N) is 4. The molecule has 0 aromatic heterocycles. The van der Waals surface area contributed by atoms with E-state index < -0.39 is 17.5 Å². The first-order chi connectivity index (χ1) is 6.96. The molecular weight excluding hydrogens is 196 g/mol. The van der Waals surface area contributed by atoms with E-state index in [4.69, 9.17) is 10.5 Å². The Morgan fingerprint density at radius 1 is 1.20 bits per heavy atom. The third-order valence-corrected chi connectivity index (χ3v) is 2.36. The zero-order valence-corrected chi connectivity index (χ0v) is 8.52. The lowest BCUT2D eigenvalue weighted by Crippen LogP contribution is -2.44. The molecule has 0 aromatic rings. The smallest absolute Gasteiger partial charge is 0.297 e. The molecule has 0 unspecified atom stereocenters. The highest BCUT2D eigenvalue weighted by molar-refractivity contribution is 6.06. The Labute approximate surface area is 87.3 Å². The van der Waals surface area contributed by atoms with E-state index in [0.29, 0.717) is 0 Å². The van der Waals surface area contributed by atoms with Crippen molar-refractivity contribution >= 4 is 11.9 Å². The van der Waals surface area contributed by atoms with Crippen LogP contribution in [0.3, 0.4) is 0 Å². The van der Waals surface area contributed by atoms with Gasteiger partial charge in [-0.3, -0.25) is 9.69 Å². The zero-order valence-electron chi connectivity index (χ0n) is 8.52. The summed E-state index contributed by atoms with van der Waals surface area (Å²) in [7, 11) is 0. The van der Waals surface area contributed by atoms with Gasteiger partial charge in [0, 0.05) is 0 Å². The minimum absolute atomic E-state index is 0.153. The molecule has 0 N–H and O–H groups in total. The van der Waals surface area contributed by atoms with Crippen LogP contribution in [0.1, 0.15) is 13.8 Å². The van der Waals surface area contributed by atoms with Gasteiger partial charge in [0.25, 0.3) is 5.91 Å². The van der Waals surface area contributed by atoms with E-state index in [1.807, 2.05) is 6.07 Å². The summed E-state index contributed by atoms with van der Waals surface area (Å²) in [6.07, 6.45) is 0. The van der Waals surface area contributed by atoms with Crippen molar-refractivity contribution in [3.8, 4) is 12.1 Å². The standard InChI is InChI=1S/C9H10N4O2/c1-9(2)7(14)12(5-3-10)8(15)13(9)6-4-11/h5-6H2,1-2H3. The van der Waals surface area contributed by atoms with Gasteiger partial charge in [0.1, 0.15) is 18.6 Å². The first kappa shape index (κ1) is 11.0. The summed E-state index contributed by atoms with van der Waals surface area (Å²) in [5, 5.41) is 17.0. The van der Waals surface area contributed by atoms with Gasteiger partial charge in [0.05, 0.1) is 12.1 Å². The summed E-state index contributed by atoms with van der Waals surface area (Å²) < 4.78 is 0. The quantitative estimate of drug-likeness (QED) is 0.472. The number of urea groups is 1. The first-order valence-corrected chi connectivity index (χ1v) is 4.34. The second-order valence-corrected chi connectivity index (χ2v) is 3.64. The molecule has 0 saturated carbocycles. The van der Waals surface area contributed by atoms with E-state index in [1.165, 1.54) is 0 Å². The molecule has 1 aliphatic rings. The van der Waals surface area contributed by atoms with Crippen LogP contribution in [0.25, 0.3) is 0 Å². The highest BCUT2D eigenvalue weighted by atomic mass is 16.2. The van der Waals surface area contributed by atoms with E-state index in [1.54, 1.807) is 19.9 Å².